The van der Waals surface area contributed by atoms with E-state index in [4.69, 9.17) is 0 Å². The van der Waals surface area contributed by atoms with E-state index in [2.05, 4.69) is 15.4 Å². The highest BCUT2D eigenvalue weighted by atomic mass is 35.5. The molecule has 0 unspecified atom stereocenters. The smallest absolute Gasteiger partial charge is 0.255 e. The largest absolute Gasteiger partial charge is 0.338 e. The van der Waals surface area contributed by atoms with Crippen molar-refractivity contribution in [1.29, 1.82) is 0 Å². The zero-order valence-corrected chi connectivity index (χ0v) is 18.1. The SMILES string of the molecule is Cc1cc(C)n(-c2ccc(C(=O)N3CCC(NCC4CC4)CC3)cn2)n1.Cl.Cl. The number of likely N-dealkylation sites (tertiary alicyclic amines) is 1. The summed E-state index contributed by atoms with van der Waals surface area (Å²) >= 11 is 0. The Balaban J connectivity index is 0.00000140. The number of amides is 1. The quantitative estimate of drug-likeness (QED) is 0.797. The molecule has 2 aliphatic rings. The molecule has 1 saturated heterocycles. The Morgan fingerprint density at radius 2 is 1.86 bits per heavy atom. The third-order valence-corrected chi connectivity index (χ3v) is 5.40. The van der Waals surface area contributed by atoms with E-state index in [0.717, 1.165) is 55.6 Å². The van der Waals surface area contributed by atoms with Crippen LogP contribution < -0.4 is 5.32 Å². The number of pyridine rings is 1. The lowest BCUT2D eigenvalue weighted by Crippen LogP contribution is -2.45. The number of aryl methyl sites for hydroxylation is 2. The van der Waals surface area contributed by atoms with Crippen molar-refractivity contribution < 1.29 is 4.79 Å². The summed E-state index contributed by atoms with van der Waals surface area (Å²) in [5.41, 5.74) is 2.65. The second-order valence-electron chi connectivity index (χ2n) is 7.66. The fourth-order valence-corrected chi connectivity index (χ4v) is 3.62. The number of piperidine rings is 1. The number of rotatable bonds is 5. The van der Waals surface area contributed by atoms with Crippen LogP contribution in [0.1, 0.15) is 47.4 Å². The highest BCUT2D eigenvalue weighted by molar-refractivity contribution is 5.94. The Morgan fingerprint density at radius 1 is 1.14 bits per heavy atom. The molecule has 0 atom stereocenters. The first-order chi connectivity index (χ1) is 12.6. The molecule has 1 amide bonds. The van der Waals surface area contributed by atoms with Crippen LogP contribution in [0.5, 0.6) is 0 Å². The molecule has 1 N–H and O–H groups in total. The number of hydrogen-bond acceptors (Lipinski definition) is 4. The zero-order chi connectivity index (χ0) is 18.1. The number of nitrogens with one attached hydrogen (secondary N) is 1. The van der Waals surface area contributed by atoms with Crippen LogP contribution in [-0.4, -0.2) is 51.2 Å². The molecule has 3 heterocycles. The van der Waals surface area contributed by atoms with Gasteiger partial charge in [0.1, 0.15) is 0 Å². The lowest BCUT2D eigenvalue weighted by molar-refractivity contribution is 0.0704. The van der Waals surface area contributed by atoms with Crippen molar-refractivity contribution in [2.45, 2.75) is 45.6 Å². The van der Waals surface area contributed by atoms with Crippen LogP contribution in [0.4, 0.5) is 0 Å². The minimum absolute atomic E-state index is 0. The second-order valence-corrected chi connectivity index (χ2v) is 7.66. The molecule has 154 valence electrons. The number of aromatic nitrogens is 3. The molecule has 28 heavy (non-hydrogen) atoms. The van der Waals surface area contributed by atoms with Gasteiger partial charge >= 0.3 is 0 Å². The van der Waals surface area contributed by atoms with E-state index in [1.165, 1.54) is 12.8 Å². The number of halogens is 2. The molecule has 0 aromatic carbocycles. The average molecular weight is 426 g/mol. The summed E-state index contributed by atoms with van der Waals surface area (Å²) in [5.74, 6) is 1.73. The maximum absolute atomic E-state index is 12.7. The molecule has 4 rings (SSSR count). The van der Waals surface area contributed by atoms with Gasteiger partial charge < -0.3 is 10.2 Å². The molecule has 0 bridgehead atoms. The molecule has 2 aromatic heterocycles. The monoisotopic (exact) mass is 425 g/mol. The van der Waals surface area contributed by atoms with Crippen molar-refractivity contribution in [1.82, 2.24) is 25.0 Å². The molecule has 0 radical (unpaired) electrons. The molecule has 0 spiro atoms. The van der Waals surface area contributed by atoms with Crippen LogP contribution in [0.25, 0.3) is 5.82 Å². The number of carbonyl (C=O) groups excluding carboxylic acids is 1. The Bertz CT molecular complexity index is 780. The van der Waals surface area contributed by atoms with Gasteiger partial charge in [0.2, 0.25) is 0 Å². The summed E-state index contributed by atoms with van der Waals surface area (Å²) in [7, 11) is 0. The third-order valence-electron chi connectivity index (χ3n) is 5.40. The maximum atomic E-state index is 12.7. The van der Waals surface area contributed by atoms with Gasteiger partial charge in [0.05, 0.1) is 11.3 Å². The van der Waals surface area contributed by atoms with Crippen LogP contribution in [-0.2, 0) is 0 Å². The molecule has 2 aromatic rings. The van der Waals surface area contributed by atoms with Gasteiger partial charge in [-0.05, 0) is 70.2 Å². The average Bonchev–Trinajstić information content (AvgIpc) is 3.43. The van der Waals surface area contributed by atoms with Crippen LogP contribution in [0, 0.1) is 19.8 Å². The normalized spacial score (nSPS) is 17.0. The van der Waals surface area contributed by atoms with E-state index in [1.54, 1.807) is 10.9 Å². The van der Waals surface area contributed by atoms with Crippen molar-refractivity contribution in [2.24, 2.45) is 5.92 Å². The predicted molar refractivity (Wildman–Crippen MR) is 115 cm³/mol. The first kappa shape index (κ1) is 22.7. The van der Waals surface area contributed by atoms with Crippen molar-refractivity contribution >= 4 is 30.7 Å². The van der Waals surface area contributed by atoms with Crippen LogP contribution in [0.2, 0.25) is 0 Å². The van der Waals surface area contributed by atoms with Crippen LogP contribution >= 0.6 is 24.8 Å². The Morgan fingerprint density at radius 3 is 2.39 bits per heavy atom. The summed E-state index contributed by atoms with van der Waals surface area (Å²) < 4.78 is 1.81. The number of nitrogens with zero attached hydrogens (tertiary/aromatic N) is 4. The van der Waals surface area contributed by atoms with Crippen molar-refractivity contribution in [3.8, 4) is 5.82 Å². The second kappa shape index (κ2) is 9.72. The third kappa shape index (κ3) is 5.25. The number of hydrogen-bond donors (Lipinski definition) is 1. The standard InChI is InChI=1S/C20H27N5O.2ClH/c1-14-11-15(2)25(23-14)19-6-5-17(13-22-19)20(26)24-9-7-18(8-10-24)21-12-16-3-4-16;;/h5-6,11,13,16,18,21H,3-4,7-10,12H2,1-2H3;2*1H. The predicted octanol–water partition coefficient (Wildman–Crippen LogP) is 3.33. The van der Waals surface area contributed by atoms with E-state index in [9.17, 15) is 4.79 Å². The summed E-state index contributed by atoms with van der Waals surface area (Å²) in [6.45, 7) is 6.75. The van der Waals surface area contributed by atoms with Gasteiger partial charge in [-0.2, -0.15) is 5.10 Å². The molecule has 6 nitrogen and oxygen atoms in total. The van der Waals surface area contributed by atoms with Crippen molar-refractivity contribution in [3.05, 3.63) is 41.3 Å². The summed E-state index contributed by atoms with van der Waals surface area (Å²) in [5, 5.41) is 8.09. The van der Waals surface area contributed by atoms with E-state index in [0.29, 0.717) is 11.6 Å². The lowest BCUT2D eigenvalue weighted by Gasteiger charge is -2.32. The van der Waals surface area contributed by atoms with E-state index < -0.39 is 0 Å². The minimum Gasteiger partial charge on any atom is -0.338 e. The van der Waals surface area contributed by atoms with E-state index in [1.807, 2.05) is 36.9 Å². The first-order valence-corrected chi connectivity index (χ1v) is 9.62. The van der Waals surface area contributed by atoms with E-state index >= 15 is 0 Å². The summed E-state index contributed by atoms with van der Waals surface area (Å²) in [4.78, 5) is 19.1. The number of carbonyl (C=O) groups is 1. The van der Waals surface area contributed by atoms with Gasteiger partial charge in [-0.3, -0.25) is 4.79 Å². The lowest BCUT2D eigenvalue weighted by atomic mass is 10.0. The summed E-state index contributed by atoms with van der Waals surface area (Å²) in [6.07, 6.45) is 6.51. The van der Waals surface area contributed by atoms with Crippen molar-refractivity contribution in [3.63, 3.8) is 0 Å². The molecule has 1 saturated carbocycles. The van der Waals surface area contributed by atoms with Crippen LogP contribution in [0.3, 0.4) is 0 Å². The minimum atomic E-state index is 0. The molecule has 1 aliphatic carbocycles. The molecule has 2 fully saturated rings. The molecular weight excluding hydrogens is 397 g/mol. The summed E-state index contributed by atoms with van der Waals surface area (Å²) in [6, 6.07) is 6.31. The fraction of sp³-hybridized carbons (Fsp3) is 0.550. The fourth-order valence-electron chi connectivity index (χ4n) is 3.62. The molecule has 1 aliphatic heterocycles. The van der Waals surface area contributed by atoms with Gasteiger partial charge in [-0.15, -0.1) is 24.8 Å². The van der Waals surface area contributed by atoms with Crippen LogP contribution in [0.15, 0.2) is 24.4 Å². The van der Waals surface area contributed by atoms with E-state index in [-0.39, 0.29) is 30.7 Å². The van der Waals surface area contributed by atoms with Gasteiger partial charge in [-0.25, -0.2) is 9.67 Å². The van der Waals surface area contributed by atoms with Gasteiger partial charge in [0, 0.05) is 31.0 Å². The topological polar surface area (TPSA) is 63.1 Å². The highest BCUT2D eigenvalue weighted by Gasteiger charge is 2.26. The van der Waals surface area contributed by atoms with Gasteiger partial charge in [-0.1, -0.05) is 0 Å². The maximum Gasteiger partial charge on any atom is 0.255 e. The zero-order valence-electron chi connectivity index (χ0n) is 16.4. The Kier molecular flexibility index (Phi) is 7.87. The Hall–Kier alpha value is -1.63. The molecule has 8 heteroatoms. The van der Waals surface area contributed by atoms with Gasteiger partial charge in [0.15, 0.2) is 5.82 Å². The molecular formula is C20H29Cl2N5O. The Labute approximate surface area is 178 Å². The van der Waals surface area contributed by atoms with Gasteiger partial charge in [0.25, 0.3) is 5.91 Å². The first-order valence-electron chi connectivity index (χ1n) is 9.62. The van der Waals surface area contributed by atoms with Crippen molar-refractivity contribution in [2.75, 3.05) is 19.6 Å². The highest BCUT2D eigenvalue weighted by Crippen LogP contribution is 2.28.